The minimum Gasteiger partial charge on any atom is -0.507 e. The van der Waals surface area contributed by atoms with Gasteiger partial charge < -0.3 is 10.4 Å². The molecular formula is C14H11ClFNO2. The van der Waals surface area contributed by atoms with Crippen LogP contribution in [0.25, 0.3) is 0 Å². The molecule has 2 aromatic rings. The Labute approximate surface area is 114 Å². The van der Waals surface area contributed by atoms with E-state index in [0.29, 0.717) is 16.3 Å². The van der Waals surface area contributed by atoms with Crippen molar-refractivity contribution in [2.75, 3.05) is 5.32 Å². The molecule has 0 aliphatic carbocycles. The summed E-state index contributed by atoms with van der Waals surface area (Å²) in [6.45, 7) is 1.56. The van der Waals surface area contributed by atoms with Crippen LogP contribution in [-0.4, -0.2) is 11.0 Å². The molecule has 0 aliphatic heterocycles. The smallest absolute Gasteiger partial charge is 0.259 e. The third-order valence-corrected chi connectivity index (χ3v) is 2.95. The fourth-order valence-corrected chi connectivity index (χ4v) is 1.79. The van der Waals surface area contributed by atoms with Crippen molar-refractivity contribution in [1.29, 1.82) is 0 Å². The van der Waals surface area contributed by atoms with E-state index >= 15 is 0 Å². The van der Waals surface area contributed by atoms with Crippen LogP contribution in [0.4, 0.5) is 10.1 Å². The summed E-state index contributed by atoms with van der Waals surface area (Å²) in [5.41, 5.74) is 0.720. The molecule has 3 nitrogen and oxygen atoms in total. The van der Waals surface area contributed by atoms with E-state index < -0.39 is 11.7 Å². The number of amides is 1. The molecule has 0 aromatic heterocycles. The van der Waals surface area contributed by atoms with Gasteiger partial charge >= 0.3 is 0 Å². The average Bonchev–Trinajstić information content (AvgIpc) is 2.38. The Hall–Kier alpha value is -2.07. The number of carbonyl (C=O) groups is 1. The van der Waals surface area contributed by atoms with Gasteiger partial charge in [0.25, 0.3) is 5.91 Å². The number of phenolic OH excluding ortho intramolecular Hbond substituents is 1. The molecule has 2 N–H and O–H groups in total. The lowest BCUT2D eigenvalue weighted by Crippen LogP contribution is -2.13. The fourth-order valence-electron chi connectivity index (χ4n) is 1.62. The van der Waals surface area contributed by atoms with Gasteiger partial charge in [0.15, 0.2) is 0 Å². The number of aromatic hydroxyl groups is 1. The lowest BCUT2D eigenvalue weighted by atomic mass is 10.1. The minimum atomic E-state index is -0.547. The molecule has 0 radical (unpaired) electrons. The van der Waals surface area contributed by atoms with Crippen LogP contribution < -0.4 is 5.32 Å². The van der Waals surface area contributed by atoms with Gasteiger partial charge in [-0.1, -0.05) is 17.7 Å². The number of phenols is 1. The van der Waals surface area contributed by atoms with Gasteiger partial charge in [0.1, 0.15) is 11.6 Å². The van der Waals surface area contributed by atoms with E-state index in [1.807, 2.05) is 0 Å². The maximum Gasteiger partial charge on any atom is 0.259 e. The maximum absolute atomic E-state index is 13.4. The van der Waals surface area contributed by atoms with Crippen molar-refractivity contribution < 1.29 is 14.3 Å². The first-order chi connectivity index (χ1) is 8.99. The van der Waals surface area contributed by atoms with Crippen molar-refractivity contribution in [2.24, 2.45) is 0 Å². The Morgan fingerprint density at radius 1 is 1.32 bits per heavy atom. The third kappa shape index (κ3) is 2.85. The van der Waals surface area contributed by atoms with Crippen LogP contribution in [0.5, 0.6) is 5.75 Å². The van der Waals surface area contributed by atoms with Gasteiger partial charge in [-0.3, -0.25) is 4.79 Å². The first-order valence-electron chi connectivity index (χ1n) is 5.54. The number of halogens is 2. The van der Waals surface area contributed by atoms with E-state index in [1.54, 1.807) is 13.0 Å². The normalized spacial score (nSPS) is 10.3. The Morgan fingerprint density at radius 2 is 2.05 bits per heavy atom. The zero-order valence-corrected chi connectivity index (χ0v) is 10.8. The number of rotatable bonds is 2. The maximum atomic E-state index is 13.4. The van der Waals surface area contributed by atoms with E-state index in [0.717, 1.165) is 0 Å². The van der Waals surface area contributed by atoms with Crippen molar-refractivity contribution >= 4 is 23.2 Å². The number of hydrogen-bond donors (Lipinski definition) is 2. The summed E-state index contributed by atoms with van der Waals surface area (Å²) >= 11 is 5.77. The van der Waals surface area contributed by atoms with Gasteiger partial charge in [-0.25, -0.2) is 4.39 Å². The summed E-state index contributed by atoms with van der Waals surface area (Å²) in [6, 6.07) is 8.53. The summed E-state index contributed by atoms with van der Waals surface area (Å²) in [5, 5.41) is 12.5. The predicted octanol–water partition coefficient (Wildman–Crippen LogP) is 3.75. The number of nitrogens with one attached hydrogen (secondary N) is 1. The molecule has 2 rings (SSSR count). The Kier molecular flexibility index (Phi) is 3.71. The molecule has 1 amide bonds. The summed E-state index contributed by atoms with van der Waals surface area (Å²) in [6.07, 6.45) is 0. The molecule has 0 heterocycles. The lowest BCUT2D eigenvalue weighted by Gasteiger charge is -2.10. The summed E-state index contributed by atoms with van der Waals surface area (Å²) in [7, 11) is 0. The topological polar surface area (TPSA) is 49.3 Å². The van der Waals surface area contributed by atoms with Crippen LogP contribution in [0.1, 0.15) is 15.9 Å². The first kappa shape index (κ1) is 13.4. The minimum absolute atomic E-state index is 0.0381. The predicted molar refractivity (Wildman–Crippen MR) is 72.2 cm³/mol. The van der Waals surface area contributed by atoms with Gasteiger partial charge in [0.05, 0.1) is 5.56 Å². The summed E-state index contributed by atoms with van der Waals surface area (Å²) in [5.74, 6) is -1.14. The number of benzene rings is 2. The largest absolute Gasteiger partial charge is 0.507 e. The molecule has 0 bridgehead atoms. The zero-order chi connectivity index (χ0) is 14.0. The average molecular weight is 280 g/mol. The van der Waals surface area contributed by atoms with Crippen LogP contribution in [0.2, 0.25) is 5.02 Å². The van der Waals surface area contributed by atoms with Crippen LogP contribution >= 0.6 is 11.6 Å². The van der Waals surface area contributed by atoms with Crippen LogP contribution in [-0.2, 0) is 0 Å². The van der Waals surface area contributed by atoms with Crippen molar-refractivity contribution in [3.8, 4) is 5.75 Å². The highest BCUT2D eigenvalue weighted by molar-refractivity contribution is 6.31. The number of hydrogen-bond acceptors (Lipinski definition) is 2. The molecule has 2 aromatic carbocycles. The highest BCUT2D eigenvalue weighted by atomic mass is 35.5. The third-order valence-electron chi connectivity index (χ3n) is 2.72. The van der Waals surface area contributed by atoms with E-state index in [1.165, 1.54) is 30.3 Å². The SMILES string of the molecule is Cc1c(F)cccc1NC(=O)c1cc(Cl)ccc1O. The second kappa shape index (κ2) is 5.28. The molecule has 0 saturated heterocycles. The monoisotopic (exact) mass is 279 g/mol. The number of anilines is 1. The molecule has 0 atom stereocenters. The fraction of sp³-hybridized carbons (Fsp3) is 0.0714. The molecule has 0 saturated carbocycles. The molecular weight excluding hydrogens is 269 g/mol. The van der Waals surface area contributed by atoms with Gasteiger partial charge in [-0.2, -0.15) is 0 Å². The summed E-state index contributed by atoms with van der Waals surface area (Å²) < 4.78 is 13.4. The van der Waals surface area contributed by atoms with Crippen molar-refractivity contribution in [3.05, 3.63) is 58.4 Å². The van der Waals surface area contributed by atoms with Gasteiger partial charge in [-0.15, -0.1) is 0 Å². The van der Waals surface area contributed by atoms with Crippen LogP contribution in [0, 0.1) is 12.7 Å². The standard InChI is InChI=1S/C14H11ClFNO2/c1-8-11(16)3-2-4-12(8)17-14(19)10-7-9(15)5-6-13(10)18/h2-7,18H,1H3,(H,17,19). The summed E-state index contributed by atoms with van der Waals surface area (Å²) in [4.78, 5) is 12.0. The zero-order valence-electron chi connectivity index (χ0n) is 10.1. The van der Waals surface area contributed by atoms with Gasteiger partial charge in [-0.05, 0) is 37.3 Å². The van der Waals surface area contributed by atoms with Crippen molar-refractivity contribution in [1.82, 2.24) is 0 Å². The van der Waals surface area contributed by atoms with Crippen molar-refractivity contribution in [3.63, 3.8) is 0 Å². The van der Waals surface area contributed by atoms with Gasteiger partial charge in [0, 0.05) is 16.3 Å². The molecule has 0 fully saturated rings. The van der Waals surface area contributed by atoms with Crippen LogP contribution in [0.3, 0.4) is 0 Å². The molecule has 0 unspecified atom stereocenters. The second-order valence-electron chi connectivity index (χ2n) is 4.03. The van der Waals surface area contributed by atoms with E-state index in [-0.39, 0.29) is 11.3 Å². The van der Waals surface area contributed by atoms with Gasteiger partial charge in [0.2, 0.25) is 0 Å². The highest BCUT2D eigenvalue weighted by Gasteiger charge is 2.13. The molecule has 0 aliphatic rings. The number of carbonyl (C=O) groups excluding carboxylic acids is 1. The van der Waals surface area contributed by atoms with E-state index in [4.69, 9.17) is 11.6 Å². The quantitative estimate of drug-likeness (QED) is 0.880. The Morgan fingerprint density at radius 3 is 2.79 bits per heavy atom. The molecule has 19 heavy (non-hydrogen) atoms. The van der Waals surface area contributed by atoms with E-state index in [2.05, 4.69) is 5.32 Å². The lowest BCUT2D eigenvalue weighted by molar-refractivity contribution is 0.102. The van der Waals surface area contributed by atoms with E-state index in [9.17, 15) is 14.3 Å². The molecule has 98 valence electrons. The first-order valence-corrected chi connectivity index (χ1v) is 5.92. The Balaban J connectivity index is 2.31. The van der Waals surface area contributed by atoms with Crippen LogP contribution in [0.15, 0.2) is 36.4 Å². The second-order valence-corrected chi connectivity index (χ2v) is 4.46. The molecule has 0 spiro atoms. The molecule has 5 heteroatoms. The highest BCUT2D eigenvalue weighted by Crippen LogP contribution is 2.24. The van der Waals surface area contributed by atoms with Crippen molar-refractivity contribution in [2.45, 2.75) is 6.92 Å². The Bertz CT molecular complexity index is 643.